The second-order valence-corrected chi connectivity index (χ2v) is 13.0. The normalized spacial score (nSPS) is 12.6. The van der Waals surface area contributed by atoms with E-state index >= 15 is 0 Å². The second kappa shape index (κ2) is 14.8. The molecule has 0 aliphatic carbocycles. The molecule has 0 radical (unpaired) electrons. The lowest BCUT2D eigenvalue weighted by molar-refractivity contribution is 0.0219. The Bertz CT molecular complexity index is 1860. The number of esters is 1. The van der Waals surface area contributed by atoms with Crippen LogP contribution in [-0.4, -0.2) is 56.0 Å². The van der Waals surface area contributed by atoms with Crippen LogP contribution in [0.15, 0.2) is 67.0 Å². The molecule has 0 aliphatic rings. The molecule has 0 saturated carbocycles. The monoisotopic (exact) mass is 650 g/mol. The third-order valence-electron chi connectivity index (χ3n) is 7.66. The zero-order valence-corrected chi connectivity index (χ0v) is 27.3. The van der Waals surface area contributed by atoms with E-state index in [1.807, 2.05) is 13.8 Å². The SMILES string of the molecule is CCC(C)(C)CC(C)(C)COC(=O)c1cc(=O)c2c(OCC(O)COc3cccc4oc(C(=O)NCCN)cc(=O)c34)cccc2o1. The molecule has 2 aromatic carbocycles. The number of carbonyl (C=O) groups is 2. The fourth-order valence-corrected chi connectivity index (χ4v) is 5.31. The second-order valence-electron chi connectivity index (χ2n) is 13.0. The molecule has 4 N–H and O–H groups in total. The standard InChI is InChI=1S/C35H42N2O10/c1-6-34(2,3)19-35(4,5)20-45-33(42)29-16-23(40)31-25(10-8-12-27(31)47-29)44-18-21(38)17-43-24-9-7-11-26-30(24)22(39)15-28(46-26)32(41)37-14-13-36/h7-12,15-16,21,38H,6,13-14,17-20,36H2,1-5H3,(H,37,41). The number of aliphatic hydroxyl groups excluding tert-OH is 1. The van der Waals surface area contributed by atoms with E-state index in [4.69, 9.17) is 28.8 Å². The molecule has 0 fully saturated rings. The molecule has 0 bridgehead atoms. The van der Waals surface area contributed by atoms with Crippen molar-refractivity contribution < 1.29 is 37.7 Å². The number of hydrogen-bond donors (Lipinski definition) is 3. The molecule has 2 aromatic heterocycles. The number of rotatable bonds is 15. The number of nitrogens with two attached hydrogens (primary N) is 1. The lowest BCUT2D eigenvalue weighted by Crippen LogP contribution is -2.29. The van der Waals surface area contributed by atoms with Crippen molar-refractivity contribution in [3.8, 4) is 11.5 Å². The molecule has 4 rings (SSSR count). The van der Waals surface area contributed by atoms with Crippen LogP contribution < -0.4 is 31.4 Å². The summed E-state index contributed by atoms with van der Waals surface area (Å²) in [4.78, 5) is 50.9. The number of ether oxygens (including phenoxy) is 3. The van der Waals surface area contributed by atoms with Crippen molar-refractivity contribution in [2.45, 2.75) is 53.6 Å². The Labute approximate surface area is 271 Å². The highest BCUT2D eigenvalue weighted by molar-refractivity contribution is 5.94. The fourth-order valence-electron chi connectivity index (χ4n) is 5.31. The Balaban J connectivity index is 1.41. The first-order valence-electron chi connectivity index (χ1n) is 15.5. The van der Waals surface area contributed by atoms with Gasteiger partial charge in [-0.2, -0.15) is 0 Å². The average Bonchev–Trinajstić information content (AvgIpc) is 3.03. The van der Waals surface area contributed by atoms with Gasteiger partial charge in [-0.05, 0) is 41.5 Å². The molecule has 4 aromatic rings. The van der Waals surface area contributed by atoms with E-state index in [9.17, 15) is 24.3 Å². The minimum Gasteiger partial charge on any atom is -0.490 e. The van der Waals surface area contributed by atoms with Crippen molar-refractivity contribution in [3.63, 3.8) is 0 Å². The summed E-state index contributed by atoms with van der Waals surface area (Å²) < 4.78 is 28.3. The Morgan fingerprint density at radius 3 is 1.94 bits per heavy atom. The van der Waals surface area contributed by atoms with Crippen molar-refractivity contribution in [1.82, 2.24) is 5.32 Å². The van der Waals surface area contributed by atoms with Crippen molar-refractivity contribution in [3.05, 3.63) is 80.5 Å². The van der Waals surface area contributed by atoms with E-state index in [2.05, 4.69) is 26.1 Å². The zero-order chi connectivity index (χ0) is 34.4. The highest BCUT2D eigenvalue weighted by Gasteiger charge is 2.29. The van der Waals surface area contributed by atoms with E-state index in [1.54, 1.807) is 18.2 Å². The number of benzene rings is 2. The lowest BCUT2D eigenvalue weighted by Gasteiger charge is -2.33. The van der Waals surface area contributed by atoms with Crippen LogP contribution in [0.4, 0.5) is 0 Å². The molecule has 12 nitrogen and oxygen atoms in total. The van der Waals surface area contributed by atoms with E-state index in [-0.39, 0.29) is 88.7 Å². The van der Waals surface area contributed by atoms with E-state index < -0.39 is 28.8 Å². The largest absolute Gasteiger partial charge is 0.490 e. The molecule has 0 saturated heterocycles. The van der Waals surface area contributed by atoms with Crippen molar-refractivity contribution >= 4 is 33.8 Å². The topological polar surface area (TPSA) is 181 Å². The van der Waals surface area contributed by atoms with Gasteiger partial charge in [-0.1, -0.05) is 53.2 Å². The minimum atomic E-state index is -1.17. The molecule has 47 heavy (non-hydrogen) atoms. The molecule has 1 amide bonds. The summed E-state index contributed by atoms with van der Waals surface area (Å²) in [7, 11) is 0. The number of carbonyl (C=O) groups excluding carboxylic acids is 2. The van der Waals surface area contributed by atoms with Crippen LogP contribution in [0.3, 0.4) is 0 Å². The molecule has 2 heterocycles. The first-order valence-corrected chi connectivity index (χ1v) is 15.5. The van der Waals surface area contributed by atoms with E-state index in [0.717, 1.165) is 25.0 Å². The Hall–Kier alpha value is -4.68. The van der Waals surface area contributed by atoms with Crippen LogP contribution in [0.25, 0.3) is 21.9 Å². The van der Waals surface area contributed by atoms with Crippen molar-refractivity contribution in [2.24, 2.45) is 16.6 Å². The van der Waals surface area contributed by atoms with Gasteiger partial charge in [0.25, 0.3) is 5.91 Å². The molecule has 1 atom stereocenters. The van der Waals surface area contributed by atoms with E-state index in [1.165, 1.54) is 18.2 Å². The van der Waals surface area contributed by atoms with Crippen LogP contribution in [0.1, 0.15) is 68.6 Å². The number of nitrogens with one attached hydrogen (secondary N) is 1. The predicted octanol–water partition coefficient (Wildman–Crippen LogP) is 4.42. The Morgan fingerprint density at radius 2 is 1.40 bits per heavy atom. The zero-order valence-electron chi connectivity index (χ0n) is 27.3. The first-order chi connectivity index (χ1) is 22.2. The molecule has 252 valence electrons. The molecule has 1 unspecified atom stereocenters. The summed E-state index contributed by atoms with van der Waals surface area (Å²) in [6.07, 6.45) is 0.661. The number of amides is 1. The summed E-state index contributed by atoms with van der Waals surface area (Å²) in [5.41, 5.74) is 4.46. The molecule has 12 heteroatoms. The van der Waals surface area contributed by atoms with E-state index in [0.29, 0.717) is 0 Å². The van der Waals surface area contributed by atoms with Crippen LogP contribution in [0.2, 0.25) is 0 Å². The number of fused-ring (bicyclic) bond motifs is 2. The molecule has 0 spiro atoms. The van der Waals surface area contributed by atoms with Gasteiger partial charge < -0.3 is 39.2 Å². The summed E-state index contributed by atoms with van der Waals surface area (Å²) >= 11 is 0. The van der Waals surface area contributed by atoms with Crippen LogP contribution >= 0.6 is 0 Å². The lowest BCUT2D eigenvalue weighted by atomic mass is 9.74. The molecule has 0 aliphatic heterocycles. The predicted molar refractivity (Wildman–Crippen MR) is 176 cm³/mol. The maximum atomic E-state index is 13.1. The fraction of sp³-hybridized carbons (Fsp3) is 0.429. The Morgan fingerprint density at radius 1 is 0.872 bits per heavy atom. The highest BCUT2D eigenvalue weighted by Crippen LogP contribution is 2.36. The smallest absolute Gasteiger partial charge is 0.374 e. The third-order valence-corrected chi connectivity index (χ3v) is 7.66. The van der Waals surface area contributed by atoms with Crippen molar-refractivity contribution in [2.75, 3.05) is 32.9 Å². The van der Waals surface area contributed by atoms with Gasteiger partial charge in [0.2, 0.25) is 5.76 Å². The number of hydrogen-bond acceptors (Lipinski definition) is 11. The maximum Gasteiger partial charge on any atom is 0.374 e. The highest BCUT2D eigenvalue weighted by atomic mass is 16.5. The summed E-state index contributed by atoms with van der Waals surface area (Å²) in [6.45, 7) is 10.6. The molecular formula is C35H42N2O10. The van der Waals surface area contributed by atoms with Gasteiger partial charge in [0.1, 0.15) is 52.8 Å². The van der Waals surface area contributed by atoms with Crippen LogP contribution in [-0.2, 0) is 4.74 Å². The van der Waals surface area contributed by atoms with Gasteiger partial charge >= 0.3 is 5.97 Å². The van der Waals surface area contributed by atoms with Gasteiger partial charge in [0.15, 0.2) is 16.6 Å². The van der Waals surface area contributed by atoms with Gasteiger partial charge in [0, 0.05) is 25.2 Å². The van der Waals surface area contributed by atoms with Crippen molar-refractivity contribution in [1.29, 1.82) is 0 Å². The summed E-state index contributed by atoms with van der Waals surface area (Å²) in [6, 6.07) is 11.4. The maximum absolute atomic E-state index is 13.1. The van der Waals surface area contributed by atoms with Gasteiger partial charge in [0.05, 0.1) is 6.61 Å². The first kappa shape index (κ1) is 35.2. The average molecular weight is 651 g/mol. The van der Waals surface area contributed by atoms with Gasteiger partial charge in [-0.15, -0.1) is 0 Å². The summed E-state index contributed by atoms with van der Waals surface area (Å²) in [5.74, 6) is -1.41. The van der Waals surface area contributed by atoms with Gasteiger partial charge in [-0.3, -0.25) is 14.4 Å². The third kappa shape index (κ3) is 8.99. The quantitative estimate of drug-likeness (QED) is 0.155. The minimum absolute atomic E-state index is 0.0870. The number of aliphatic hydroxyl groups is 1. The van der Waals surface area contributed by atoms with Crippen LogP contribution in [0, 0.1) is 10.8 Å². The van der Waals surface area contributed by atoms with Gasteiger partial charge in [-0.25, -0.2) is 4.79 Å². The Kier molecular flexibility index (Phi) is 11.1. The van der Waals surface area contributed by atoms with Crippen LogP contribution in [0.5, 0.6) is 11.5 Å². The molecular weight excluding hydrogens is 608 g/mol. The summed E-state index contributed by atoms with van der Waals surface area (Å²) in [5, 5.41) is 13.3.